The van der Waals surface area contributed by atoms with Crippen LogP contribution in [0.2, 0.25) is 0 Å². The number of hydrogen-bond donors (Lipinski definition) is 1. The summed E-state index contributed by atoms with van der Waals surface area (Å²) in [6.45, 7) is 4.08. The Morgan fingerprint density at radius 2 is 1.83 bits per heavy atom. The minimum absolute atomic E-state index is 0.263. The first kappa shape index (κ1) is 12.5. The Hall–Kier alpha value is -0.570. The number of carbonyl (C=O) groups excluding carboxylic acids is 1. The van der Waals surface area contributed by atoms with Gasteiger partial charge in [0.05, 0.1) is 5.92 Å². The fourth-order valence-electron chi connectivity index (χ4n) is 4.12. The zero-order valence-electron chi connectivity index (χ0n) is 11.4. The second kappa shape index (κ2) is 5.60. The number of likely N-dealkylation sites (tertiary alicyclic amines) is 1. The van der Waals surface area contributed by atoms with Crippen molar-refractivity contribution in [2.24, 2.45) is 17.8 Å². The van der Waals surface area contributed by atoms with Crippen LogP contribution in [-0.4, -0.2) is 37.0 Å². The largest absolute Gasteiger partial charge is 0.342 e. The molecule has 3 heteroatoms. The van der Waals surface area contributed by atoms with E-state index in [1.54, 1.807) is 0 Å². The summed E-state index contributed by atoms with van der Waals surface area (Å²) in [6.07, 6.45) is 9.09. The van der Waals surface area contributed by atoms with Gasteiger partial charge in [0.15, 0.2) is 0 Å². The standard InChI is InChI=1S/C15H26N2O/c18-15(13-6-3-8-16-10-13)17-9-7-12-4-1-2-5-14(12)11-17/h12-14,16H,1-11H2. The molecule has 3 atom stereocenters. The molecular weight excluding hydrogens is 224 g/mol. The summed E-state index contributed by atoms with van der Waals surface area (Å²) in [5, 5.41) is 3.36. The lowest BCUT2D eigenvalue weighted by Crippen LogP contribution is -2.49. The topological polar surface area (TPSA) is 32.3 Å². The molecule has 0 spiro atoms. The van der Waals surface area contributed by atoms with E-state index < -0.39 is 0 Å². The first-order valence-electron chi connectivity index (χ1n) is 7.84. The molecule has 0 aromatic rings. The number of nitrogens with one attached hydrogen (secondary N) is 1. The van der Waals surface area contributed by atoms with Gasteiger partial charge in [-0.1, -0.05) is 19.3 Å². The molecule has 102 valence electrons. The highest BCUT2D eigenvalue weighted by Gasteiger charge is 2.35. The third kappa shape index (κ3) is 2.56. The minimum atomic E-state index is 0.263. The van der Waals surface area contributed by atoms with E-state index in [1.807, 2.05) is 0 Å². The number of carbonyl (C=O) groups is 1. The highest BCUT2D eigenvalue weighted by molar-refractivity contribution is 5.79. The van der Waals surface area contributed by atoms with E-state index in [4.69, 9.17) is 0 Å². The van der Waals surface area contributed by atoms with Crippen molar-refractivity contribution in [3.05, 3.63) is 0 Å². The number of hydrogen-bond acceptors (Lipinski definition) is 2. The maximum absolute atomic E-state index is 12.5. The van der Waals surface area contributed by atoms with Gasteiger partial charge >= 0.3 is 0 Å². The average Bonchev–Trinajstić information content (AvgIpc) is 2.47. The summed E-state index contributed by atoms with van der Waals surface area (Å²) in [6, 6.07) is 0. The van der Waals surface area contributed by atoms with Gasteiger partial charge in [0.2, 0.25) is 5.91 Å². The summed E-state index contributed by atoms with van der Waals surface area (Å²) in [7, 11) is 0. The van der Waals surface area contributed by atoms with E-state index in [2.05, 4.69) is 10.2 Å². The summed E-state index contributed by atoms with van der Waals surface area (Å²) in [5.41, 5.74) is 0. The van der Waals surface area contributed by atoms with Crippen LogP contribution in [0.15, 0.2) is 0 Å². The average molecular weight is 250 g/mol. The van der Waals surface area contributed by atoms with Gasteiger partial charge in [-0.15, -0.1) is 0 Å². The van der Waals surface area contributed by atoms with Crippen LogP contribution in [0.5, 0.6) is 0 Å². The fraction of sp³-hybridized carbons (Fsp3) is 0.933. The number of nitrogens with zero attached hydrogens (tertiary/aromatic N) is 1. The van der Waals surface area contributed by atoms with E-state index in [-0.39, 0.29) is 5.92 Å². The van der Waals surface area contributed by atoms with Gasteiger partial charge in [-0.25, -0.2) is 0 Å². The molecule has 3 aliphatic rings. The Morgan fingerprint density at radius 1 is 1.00 bits per heavy atom. The van der Waals surface area contributed by atoms with Crippen LogP contribution >= 0.6 is 0 Å². The first-order valence-corrected chi connectivity index (χ1v) is 7.84. The lowest BCUT2D eigenvalue weighted by Gasteiger charge is -2.42. The predicted octanol–water partition coefficient (Wildman–Crippen LogP) is 2.02. The van der Waals surface area contributed by atoms with Gasteiger partial charge in [0, 0.05) is 19.6 Å². The van der Waals surface area contributed by atoms with Crippen molar-refractivity contribution in [3.8, 4) is 0 Å². The lowest BCUT2D eigenvalue weighted by atomic mass is 9.75. The number of fused-ring (bicyclic) bond motifs is 1. The van der Waals surface area contributed by atoms with E-state index in [0.717, 1.165) is 50.9 Å². The van der Waals surface area contributed by atoms with Gasteiger partial charge in [0.25, 0.3) is 0 Å². The van der Waals surface area contributed by atoms with Gasteiger partial charge in [-0.2, -0.15) is 0 Å². The number of amides is 1. The van der Waals surface area contributed by atoms with Gasteiger partial charge in [-0.05, 0) is 44.1 Å². The van der Waals surface area contributed by atoms with Crippen molar-refractivity contribution in [2.75, 3.05) is 26.2 Å². The normalized spacial score (nSPS) is 37.1. The molecule has 2 aliphatic heterocycles. The molecule has 1 N–H and O–H groups in total. The Balaban J connectivity index is 1.57. The van der Waals surface area contributed by atoms with Crippen molar-refractivity contribution >= 4 is 5.91 Å². The molecule has 1 saturated carbocycles. The molecule has 0 radical (unpaired) electrons. The molecular formula is C15H26N2O. The van der Waals surface area contributed by atoms with Gasteiger partial charge in [0.1, 0.15) is 0 Å². The quantitative estimate of drug-likeness (QED) is 0.772. The van der Waals surface area contributed by atoms with Crippen molar-refractivity contribution < 1.29 is 4.79 Å². The highest BCUT2D eigenvalue weighted by Crippen LogP contribution is 2.36. The third-order valence-electron chi connectivity index (χ3n) is 5.25. The second-order valence-electron chi connectivity index (χ2n) is 6.42. The van der Waals surface area contributed by atoms with E-state index in [1.165, 1.54) is 32.1 Å². The van der Waals surface area contributed by atoms with Crippen LogP contribution in [-0.2, 0) is 4.79 Å². The lowest BCUT2D eigenvalue weighted by molar-refractivity contribution is -0.139. The molecule has 3 fully saturated rings. The third-order valence-corrected chi connectivity index (χ3v) is 5.25. The van der Waals surface area contributed by atoms with Crippen LogP contribution in [0.25, 0.3) is 0 Å². The monoisotopic (exact) mass is 250 g/mol. The molecule has 0 aromatic heterocycles. The summed E-state index contributed by atoms with van der Waals surface area (Å²) >= 11 is 0. The first-order chi connectivity index (χ1) is 8.84. The van der Waals surface area contributed by atoms with E-state index in [9.17, 15) is 4.79 Å². The SMILES string of the molecule is O=C(C1CCCNC1)N1CCC2CCCCC2C1. The van der Waals surface area contributed by atoms with Crippen molar-refractivity contribution in [3.63, 3.8) is 0 Å². The van der Waals surface area contributed by atoms with Crippen molar-refractivity contribution in [2.45, 2.75) is 44.9 Å². The van der Waals surface area contributed by atoms with Crippen LogP contribution in [0, 0.1) is 17.8 Å². The van der Waals surface area contributed by atoms with Crippen molar-refractivity contribution in [1.82, 2.24) is 10.2 Å². The number of rotatable bonds is 1. The van der Waals surface area contributed by atoms with Crippen LogP contribution in [0.4, 0.5) is 0 Å². The predicted molar refractivity (Wildman–Crippen MR) is 72.2 cm³/mol. The maximum Gasteiger partial charge on any atom is 0.226 e. The molecule has 3 nitrogen and oxygen atoms in total. The Morgan fingerprint density at radius 3 is 2.61 bits per heavy atom. The maximum atomic E-state index is 12.5. The molecule has 1 amide bonds. The molecule has 2 saturated heterocycles. The summed E-state index contributed by atoms with van der Waals surface area (Å²) in [5.74, 6) is 2.44. The van der Waals surface area contributed by atoms with Gasteiger partial charge < -0.3 is 10.2 Å². The van der Waals surface area contributed by atoms with Crippen LogP contribution in [0.3, 0.4) is 0 Å². The molecule has 3 rings (SSSR count). The van der Waals surface area contributed by atoms with E-state index in [0.29, 0.717) is 5.91 Å². The molecule has 1 aliphatic carbocycles. The summed E-state index contributed by atoms with van der Waals surface area (Å²) in [4.78, 5) is 14.7. The molecule has 0 aromatic carbocycles. The Kier molecular flexibility index (Phi) is 3.88. The Labute approximate surface area is 110 Å². The zero-order chi connectivity index (χ0) is 12.4. The molecule has 0 bridgehead atoms. The Bertz CT molecular complexity index is 299. The van der Waals surface area contributed by atoms with Crippen molar-refractivity contribution in [1.29, 1.82) is 0 Å². The minimum Gasteiger partial charge on any atom is -0.342 e. The smallest absolute Gasteiger partial charge is 0.226 e. The second-order valence-corrected chi connectivity index (χ2v) is 6.42. The fourth-order valence-corrected chi connectivity index (χ4v) is 4.12. The van der Waals surface area contributed by atoms with E-state index >= 15 is 0 Å². The van der Waals surface area contributed by atoms with Crippen LogP contribution in [0.1, 0.15) is 44.9 Å². The summed E-state index contributed by atoms with van der Waals surface area (Å²) < 4.78 is 0. The molecule has 18 heavy (non-hydrogen) atoms. The molecule has 3 unspecified atom stereocenters. The number of piperidine rings is 2. The van der Waals surface area contributed by atoms with Gasteiger partial charge in [-0.3, -0.25) is 4.79 Å². The zero-order valence-corrected chi connectivity index (χ0v) is 11.4. The van der Waals surface area contributed by atoms with Crippen LogP contribution < -0.4 is 5.32 Å². The highest BCUT2D eigenvalue weighted by atomic mass is 16.2. The molecule has 2 heterocycles.